The molecule has 92 valence electrons. The molecular formula is C12H22N2O2. The van der Waals surface area contributed by atoms with Crippen LogP contribution in [0.2, 0.25) is 0 Å². The minimum Gasteiger partial charge on any atom is -0.341 e. The first kappa shape index (κ1) is 13.0. The summed E-state index contributed by atoms with van der Waals surface area (Å²) >= 11 is 0. The van der Waals surface area contributed by atoms with Crippen LogP contribution in [0.1, 0.15) is 39.5 Å². The molecule has 0 aromatic heterocycles. The van der Waals surface area contributed by atoms with E-state index < -0.39 is 0 Å². The maximum absolute atomic E-state index is 11.6. The van der Waals surface area contributed by atoms with Crippen molar-refractivity contribution in [3.05, 3.63) is 0 Å². The number of hydrogen-bond donors (Lipinski definition) is 0. The zero-order valence-corrected chi connectivity index (χ0v) is 10.4. The van der Waals surface area contributed by atoms with E-state index in [1.54, 1.807) is 0 Å². The normalized spacial score (nSPS) is 17.9. The molecule has 1 aliphatic heterocycles. The summed E-state index contributed by atoms with van der Waals surface area (Å²) in [5.41, 5.74) is 0. The van der Waals surface area contributed by atoms with Gasteiger partial charge in [0, 0.05) is 39.0 Å². The van der Waals surface area contributed by atoms with Crippen molar-refractivity contribution in [3.8, 4) is 0 Å². The first-order chi connectivity index (χ1) is 7.69. The molecule has 0 unspecified atom stereocenters. The lowest BCUT2D eigenvalue weighted by atomic mass is 10.2. The fourth-order valence-corrected chi connectivity index (χ4v) is 2.02. The molecule has 0 N–H and O–H groups in total. The van der Waals surface area contributed by atoms with E-state index in [1.165, 1.54) is 0 Å². The number of hydrogen-bond acceptors (Lipinski definition) is 2. The first-order valence-corrected chi connectivity index (χ1v) is 6.24. The van der Waals surface area contributed by atoms with Gasteiger partial charge in [-0.1, -0.05) is 13.8 Å². The Labute approximate surface area is 97.6 Å². The molecule has 4 heteroatoms. The third-order valence-electron chi connectivity index (χ3n) is 3.06. The molecule has 1 heterocycles. The van der Waals surface area contributed by atoms with Crippen molar-refractivity contribution >= 4 is 11.8 Å². The van der Waals surface area contributed by atoms with Gasteiger partial charge >= 0.3 is 0 Å². The highest BCUT2D eigenvalue weighted by Gasteiger charge is 2.18. The summed E-state index contributed by atoms with van der Waals surface area (Å²) in [5.74, 6) is 0.400. The van der Waals surface area contributed by atoms with Gasteiger partial charge in [-0.05, 0) is 12.8 Å². The van der Waals surface area contributed by atoms with Gasteiger partial charge in [0.15, 0.2) is 0 Å². The molecule has 0 bridgehead atoms. The van der Waals surface area contributed by atoms with Gasteiger partial charge in [-0.2, -0.15) is 0 Å². The zero-order chi connectivity index (χ0) is 12.0. The molecule has 0 aromatic carbocycles. The van der Waals surface area contributed by atoms with Crippen molar-refractivity contribution in [1.82, 2.24) is 9.80 Å². The number of amides is 2. The topological polar surface area (TPSA) is 40.6 Å². The van der Waals surface area contributed by atoms with Crippen molar-refractivity contribution in [2.75, 3.05) is 26.2 Å². The van der Waals surface area contributed by atoms with Crippen LogP contribution >= 0.6 is 0 Å². The standard InChI is InChI=1S/C12H22N2O2/c1-3-11(15)13-7-5-6-8-14(10-9-13)12(16)4-2/h3-10H2,1-2H3. The number of nitrogens with zero attached hydrogens (tertiary/aromatic N) is 2. The first-order valence-electron chi connectivity index (χ1n) is 6.24. The van der Waals surface area contributed by atoms with Crippen LogP contribution in [0.3, 0.4) is 0 Å². The quantitative estimate of drug-likeness (QED) is 0.711. The summed E-state index contributed by atoms with van der Waals surface area (Å²) in [6, 6.07) is 0. The summed E-state index contributed by atoms with van der Waals surface area (Å²) < 4.78 is 0. The lowest BCUT2D eigenvalue weighted by molar-refractivity contribution is -0.135. The highest BCUT2D eigenvalue weighted by molar-refractivity contribution is 5.77. The predicted molar refractivity (Wildman–Crippen MR) is 63.0 cm³/mol. The average molecular weight is 226 g/mol. The second-order valence-corrected chi connectivity index (χ2v) is 4.18. The third kappa shape index (κ3) is 3.51. The predicted octanol–water partition coefficient (Wildman–Crippen LogP) is 1.26. The molecule has 0 aromatic rings. The summed E-state index contributed by atoms with van der Waals surface area (Å²) in [6.07, 6.45) is 3.11. The van der Waals surface area contributed by atoms with Crippen LogP contribution in [0.5, 0.6) is 0 Å². The van der Waals surface area contributed by atoms with E-state index >= 15 is 0 Å². The second kappa shape index (κ2) is 6.51. The molecule has 0 aliphatic carbocycles. The van der Waals surface area contributed by atoms with Crippen molar-refractivity contribution in [2.24, 2.45) is 0 Å². The van der Waals surface area contributed by atoms with Crippen LogP contribution < -0.4 is 0 Å². The molecule has 0 spiro atoms. The molecule has 4 nitrogen and oxygen atoms in total. The zero-order valence-electron chi connectivity index (χ0n) is 10.4. The van der Waals surface area contributed by atoms with Crippen LogP contribution in [0, 0.1) is 0 Å². The summed E-state index contributed by atoms with van der Waals surface area (Å²) in [4.78, 5) is 27.0. The summed E-state index contributed by atoms with van der Waals surface area (Å²) in [7, 11) is 0. The van der Waals surface area contributed by atoms with Crippen molar-refractivity contribution in [2.45, 2.75) is 39.5 Å². The largest absolute Gasteiger partial charge is 0.341 e. The Morgan fingerprint density at radius 3 is 1.50 bits per heavy atom. The van der Waals surface area contributed by atoms with E-state index in [-0.39, 0.29) is 11.8 Å². The van der Waals surface area contributed by atoms with Crippen LogP contribution in [0.25, 0.3) is 0 Å². The van der Waals surface area contributed by atoms with Gasteiger partial charge in [-0.25, -0.2) is 0 Å². The number of carbonyl (C=O) groups excluding carboxylic acids is 2. The van der Waals surface area contributed by atoms with E-state index in [9.17, 15) is 9.59 Å². The molecule has 1 aliphatic rings. The molecule has 0 saturated carbocycles. The third-order valence-corrected chi connectivity index (χ3v) is 3.06. The molecule has 1 rings (SSSR count). The Morgan fingerprint density at radius 2 is 1.19 bits per heavy atom. The minimum absolute atomic E-state index is 0.200. The van der Waals surface area contributed by atoms with E-state index in [2.05, 4.69) is 0 Å². The molecule has 1 fully saturated rings. The lowest BCUT2D eigenvalue weighted by Gasteiger charge is -2.30. The molecule has 2 amide bonds. The number of rotatable bonds is 2. The molecular weight excluding hydrogens is 204 g/mol. The van der Waals surface area contributed by atoms with Crippen LogP contribution in [0.4, 0.5) is 0 Å². The Morgan fingerprint density at radius 1 is 0.812 bits per heavy atom. The van der Waals surface area contributed by atoms with E-state index in [0.29, 0.717) is 25.9 Å². The highest BCUT2D eigenvalue weighted by atomic mass is 16.2. The maximum Gasteiger partial charge on any atom is 0.222 e. The van der Waals surface area contributed by atoms with Gasteiger partial charge in [-0.15, -0.1) is 0 Å². The van der Waals surface area contributed by atoms with E-state index in [0.717, 1.165) is 25.9 Å². The molecule has 16 heavy (non-hydrogen) atoms. The van der Waals surface area contributed by atoms with Crippen molar-refractivity contribution in [3.63, 3.8) is 0 Å². The number of carbonyl (C=O) groups is 2. The van der Waals surface area contributed by atoms with Crippen molar-refractivity contribution < 1.29 is 9.59 Å². The SMILES string of the molecule is CCC(=O)N1CCCCN(C(=O)CC)CC1. The highest BCUT2D eigenvalue weighted by Crippen LogP contribution is 2.07. The van der Waals surface area contributed by atoms with Gasteiger partial charge in [0.05, 0.1) is 0 Å². The van der Waals surface area contributed by atoms with Crippen molar-refractivity contribution in [1.29, 1.82) is 0 Å². The van der Waals surface area contributed by atoms with Crippen LogP contribution in [-0.2, 0) is 9.59 Å². The van der Waals surface area contributed by atoms with Crippen LogP contribution in [0.15, 0.2) is 0 Å². The molecule has 1 saturated heterocycles. The summed E-state index contributed by atoms with van der Waals surface area (Å²) in [6.45, 7) is 6.85. The fourth-order valence-electron chi connectivity index (χ4n) is 2.02. The molecule has 0 atom stereocenters. The van der Waals surface area contributed by atoms with Crippen LogP contribution in [-0.4, -0.2) is 47.8 Å². The second-order valence-electron chi connectivity index (χ2n) is 4.18. The minimum atomic E-state index is 0.200. The van der Waals surface area contributed by atoms with E-state index in [1.807, 2.05) is 23.6 Å². The van der Waals surface area contributed by atoms with Gasteiger partial charge in [0.2, 0.25) is 11.8 Å². The Bertz CT molecular complexity index is 227. The smallest absolute Gasteiger partial charge is 0.222 e. The maximum atomic E-state index is 11.6. The molecule has 0 radical (unpaired) electrons. The van der Waals surface area contributed by atoms with Gasteiger partial charge in [-0.3, -0.25) is 9.59 Å². The Kier molecular flexibility index (Phi) is 5.29. The monoisotopic (exact) mass is 226 g/mol. The van der Waals surface area contributed by atoms with Gasteiger partial charge in [0.25, 0.3) is 0 Å². The average Bonchev–Trinajstić information content (AvgIpc) is 2.27. The lowest BCUT2D eigenvalue weighted by Crippen LogP contribution is -2.43. The van der Waals surface area contributed by atoms with Gasteiger partial charge < -0.3 is 9.80 Å². The Hall–Kier alpha value is -1.06. The Balaban J connectivity index is 2.52. The van der Waals surface area contributed by atoms with Gasteiger partial charge in [0.1, 0.15) is 0 Å². The van der Waals surface area contributed by atoms with E-state index in [4.69, 9.17) is 0 Å². The summed E-state index contributed by atoms with van der Waals surface area (Å²) in [5, 5.41) is 0. The fraction of sp³-hybridized carbons (Fsp3) is 0.833.